The molecule has 1 heterocycles. The Kier molecular flexibility index (Phi) is 1.98. The van der Waals surface area contributed by atoms with Gasteiger partial charge in [0.15, 0.2) is 0 Å². The fourth-order valence-electron chi connectivity index (χ4n) is 1.19. The Bertz CT molecular complexity index is 510. The number of rotatable bonds is 0. The molecule has 0 spiro atoms. The van der Waals surface area contributed by atoms with Crippen molar-refractivity contribution in [3.8, 4) is 6.07 Å². The van der Waals surface area contributed by atoms with Crippen molar-refractivity contribution in [1.29, 1.82) is 5.26 Å². The van der Waals surface area contributed by atoms with Crippen LogP contribution in [-0.2, 0) is 0 Å². The monoisotopic (exact) mass is 252 g/mol. The van der Waals surface area contributed by atoms with Crippen LogP contribution in [0.5, 0.6) is 0 Å². The fraction of sp³-hybridized carbons (Fsp3) is 0. The summed E-state index contributed by atoms with van der Waals surface area (Å²) < 4.78 is 2.01. The number of nitrogen functional groups attached to an aromatic ring is 1. The van der Waals surface area contributed by atoms with E-state index in [1.807, 2.05) is 12.1 Å². The Morgan fingerprint density at radius 1 is 1.46 bits per heavy atom. The minimum atomic E-state index is 0.543. The second-order valence-electron chi connectivity index (χ2n) is 2.61. The molecule has 0 bridgehead atoms. The molecule has 2 aromatic rings. The highest BCUT2D eigenvalue weighted by atomic mass is 79.9. The van der Waals surface area contributed by atoms with E-state index >= 15 is 0 Å². The van der Waals surface area contributed by atoms with Gasteiger partial charge in [-0.1, -0.05) is 6.07 Å². The van der Waals surface area contributed by atoms with E-state index in [2.05, 4.69) is 22.0 Å². The first-order chi connectivity index (χ1) is 6.22. The normalized spacial score (nSPS) is 10.2. The standard InChI is InChI=1S/C9H5BrN2S/c10-7-3-5-1-2-6(4-11)8(12)9(5)13-7/h1-3H,12H2. The summed E-state index contributed by atoms with van der Waals surface area (Å²) in [6, 6.07) is 7.72. The summed E-state index contributed by atoms with van der Waals surface area (Å²) in [5.41, 5.74) is 6.93. The predicted molar refractivity (Wildman–Crippen MR) is 58.7 cm³/mol. The molecule has 0 saturated carbocycles. The maximum atomic E-state index is 8.75. The topological polar surface area (TPSA) is 49.8 Å². The highest BCUT2D eigenvalue weighted by Gasteiger charge is 2.06. The molecule has 0 atom stereocenters. The summed E-state index contributed by atoms with van der Waals surface area (Å²) in [4.78, 5) is 0. The van der Waals surface area contributed by atoms with E-state index in [1.54, 1.807) is 17.4 Å². The van der Waals surface area contributed by atoms with Crippen molar-refractivity contribution in [3.05, 3.63) is 27.5 Å². The SMILES string of the molecule is N#Cc1ccc2cc(Br)sc2c1N. The van der Waals surface area contributed by atoms with Crippen LogP contribution in [0.1, 0.15) is 5.56 Å². The number of benzene rings is 1. The van der Waals surface area contributed by atoms with Gasteiger partial charge in [0, 0.05) is 0 Å². The van der Waals surface area contributed by atoms with E-state index in [4.69, 9.17) is 11.0 Å². The number of fused-ring (bicyclic) bond motifs is 1. The molecule has 64 valence electrons. The minimum absolute atomic E-state index is 0.543. The lowest BCUT2D eigenvalue weighted by atomic mass is 10.1. The van der Waals surface area contributed by atoms with Crippen LogP contribution in [0.3, 0.4) is 0 Å². The van der Waals surface area contributed by atoms with Gasteiger partial charge in [-0.25, -0.2) is 0 Å². The first-order valence-electron chi connectivity index (χ1n) is 3.60. The third-order valence-corrected chi connectivity index (χ3v) is 3.50. The molecule has 0 amide bonds. The van der Waals surface area contributed by atoms with Gasteiger partial charge >= 0.3 is 0 Å². The number of hydrogen-bond acceptors (Lipinski definition) is 3. The second-order valence-corrected chi connectivity index (χ2v) is 5.04. The number of nitrogens with zero attached hydrogens (tertiary/aromatic N) is 1. The zero-order valence-corrected chi connectivity index (χ0v) is 8.95. The van der Waals surface area contributed by atoms with Gasteiger partial charge in [-0.3, -0.25) is 0 Å². The van der Waals surface area contributed by atoms with Crippen molar-refractivity contribution in [2.45, 2.75) is 0 Å². The number of halogens is 1. The Balaban J connectivity index is 2.87. The number of hydrogen-bond donors (Lipinski definition) is 1. The van der Waals surface area contributed by atoms with Crippen molar-refractivity contribution in [3.63, 3.8) is 0 Å². The minimum Gasteiger partial charge on any atom is -0.396 e. The van der Waals surface area contributed by atoms with Crippen molar-refractivity contribution in [1.82, 2.24) is 0 Å². The summed E-state index contributed by atoms with van der Waals surface area (Å²) in [6.07, 6.45) is 0. The summed E-state index contributed by atoms with van der Waals surface area (Å²) in [6.45, 7) is 0. The Hall–Kier alpha value is -1.05. The first kappa shape index (κ1) is 8.54. The van der Waals surface area contributed by atoms with E-state index in [-0.39, 0.29) is 0 Å². The van der Waals surface area contributed by atoms with Crippen molar-refractivity contribution < 1.29 is 0 Å². The zero-order chi connectivity index (χ0) is 9.42. The van der Waals surface area contributed by atoms with Crippen LogP contribution in [-0.4, -0.2) is 0 Å². The van der Waals surface area contributed by atoms with Crippen molar-refractivity contribution in [2.24, 2.45) is 0 Å². The molecular formula is C9H5BrN2S. The van der Waals surface area contributed by atoms with Crippen LogP contribution in [0.15, 0.2) is 22.0 Å². The molecule has 13 heavy (non-hydrogen) atoms. The number of nitrogens with two attached hydrogens (primary N) is 1. The smallest absolute Gasteiger partial charge is 0.101 e. The summed E-state index contributed by atoms with van der Waals surface area (Å²) in [7, 11) is 0. The fourth-order valence-corrected chi connectivity index (χ4v) is 2.77. The molecule has 2 N–H and O–H groups in total. The molecular weight excluding hydrogens is 248 g/mol. The van der Waals surface area contributed by atoms with Crippen LogP contribution in [0.25, 0.3) is 10.1 Å². The molecule has 0 radical (unpaired) electrons. The Labute approximate surface area is 87.7 Å². The lowest BCUT2D eigenvalue weighted by molar-refractivity contribution is 1.50. The molecule has 4 heteroatoms. The molecule has 2 nitrogen and oxygen atoms in total. The summed E-state index contributed by atoms with van der Waals surface area (Å²) in [5, 5.41) is 9.82. The molecule has 0 saturated heterocycles. The lowest BCUT2D eigenvalue weighted by Crippen LogP contribution is -1.88. The quantitative estimate of drug-likeness (QED) is 0.733. The molecule has 0 fully saturated rings. The molecule has 2 rings (SSSR count). The van der Waals surface area contributed by atoms with Crippen LogP contribution in [0.4, 0.5) is 5.69 Å². The van der Waals surface area contributed by atoms with Gasteiger partial charge in [0.25, 0.3) is 0 Å². The molecule has 0 aliphatic heterocycles. The molecule has 0 aliphatic rings. The van der Waals surface area contributed by atoms with Crippen LogP contribution in [0, 0.1) is 11.3 Å². The van der Waals surface area contributed by atoms with Gasteiger partial charge in [0.05, 0.1) is 19.7 Å². The molecule has 1 aromatic heterocycles. The number of thiophene rings is 1. The highest BCUT2D eigenvalue weighted by Crippen LogP contribution is 2.34. The third-order valence-electron chi connectivity index (χ3n) is 1.82. The second kappa shape index (κ2) is 3.02. The molecule has 1 aromatic carbocycles. The van der Waals surface area contributed by atoms with E-state index in [0.717, 1.165) is 13.9 Å². The van der Waals surface area contributed by atoms with Gasteiger partial charge in [-0.05, 0) is 33.4 Å². The van der Waals surface area contributed by atoms with E-state index in [1.165, 1.54) is 0 Å². The average molecular weight is 253 g/mol. The average Bonchev–Trinajstić information content (AvgIpc) is 2.47. The van der Waals surface area contributed by atoms with E-state index in [9.17, 15) is 0 Å². The van der Waals surface area contributed by atoms with Gasteiger partial charge in [0.1, 0.15) is 6.07 Å². The highest BCUT2D eigenvalue weighted by molar-refractivity contribution is 9.11. The van der Waals surface area contributed by atoms with Gasteiger partial charge in [-0.2, -0.15) is 5.26 Å². The summed E-state index contributed by atoms with van der Waals surface area (Å²) in [5.74, 6) is 0. The van der Waals surface area contributed by atoms with E-state index in [0.29, 0.717) is 11.3 Å². The maximum Gasteiger partial charge on any atom is 0.101 e. The van der Waals surface area contributed by atoms with Crippen molar-refractivity contribution >= 4 is 43.0 Å². The lowest BCUT2D eigenvalue weighted by Gasteiger charge is -1.96. The zero-order valence-electron chi connectivity index (χ0n) is 6.54. The van der Waals surface area contributed by atoms with Gasteiger partial charge < -0.3 is 5.73 Å². The van der Waals surface area contributed by atoms with Crippen LogP contribution < -0.4 is 5.73 Å². The third kappa shape index (κ3) is 1.30. The Morgan fingerprint density at radius 3 is 2.92 bits per heavy atom. The maximum absolute atomic E-state index is 8.75. The predicted octanol–water partition coefficient (Wildman–Crippen LogP) is 3.12. The largest absolute Gasteiger partial charge is 0.396 e. The van der Waals surface area contributed by atoms with E-state index < -0.39 is 0 Å². The number of anilines is 1. The van der Waals surface area contributed by atoms with Crippen LogP contribution in [0.2, 0.25) is 0 Å². The Morgan fingerprint density at radius 2 is 2.23 bits per heavy atom. The first-order valence-corrected chi connectivity index (χ1v) is 5.21. The van der Waals surface area contributed by atoms with Crippen molar-refractivity contribution in [2.75, 3.05) is 5.73 Å². The van der Waals surface area contributed by atoms with Crippen LogP contribution >= 0.6 is 27.3 Å². The van der Waals surface area contributed by atoms with Gasteiger partial charge in [-0.15, -0.1) is 11.3 Å². The van der Waals surface area contributed by atoms with Gasteiger partial charge in [0.2, 0.25) is 0 Å². The molecule has 0 aliphatic carbocycles. The summed E-state index contributed by atoms with van der Waals surface area (Å²) >= 11 is 4.93. The molecule has 0 unspecified atom stereocenters. The number of nitriles is 1.